The maximum Gasteiger partial charge on any atom is 0.0644 e. The van der Waals surface area contributed by atoms with Gasteiger partial charge in [-0.15, -0.1) is 0 Å². The smallest absolute Gasteiger partial charge is 0.0644 e. The van der Waals surface area contributed by atoms with Gasteiger partial charge in [-0.3, -0.25) is 8.42 Å². The fraction of sp³-hybridized carbons (Fsp3) is 0.333. The molecular weight excluding hydrogens is 516 g/mol. The van der Waals surface area contributed by atoms with E-state index >= 15 is 0 Å². The van der Waals surface area contributed by atoms with Gasteiger partial charge in [-0.1, -0.05) is 73.7 Å². The van der Waals surface area contributed by atoms with E-state index in [1.807, 2.05) is 77.4 Å². The second-order valence-electron chi connectivity index (χ2n) is 10.1. The number of aromatic nitrogens is 1. The molecule has 6 unspecified atom stereocenters. The zero-order chi connectivity index (χ0) is 26.6. The molecule has 200 valence electrons. The first-order valence-corrected chi connectivity index (χ1v) is 15.3. The summed E-state index contributed by atoms with van der Waals surface area (Å²) in [7, 11) is 0. The number of rotatable bonds is 10. The molecule has 1 aromatic heterocycles. The quantitative estimate of drug-likeness (QED) is 0.272. The minimum Gasteiger partial charge on any atom is -0.772 e. The van der Waals surface area contributed by atoms with Gasteiger partial charge in [0.15, 0.2) is 0 Å². The summed E-state index contributed by atoms with van der Waals surface area (Å²) < 4.78 is 51.0. The van der Waals surface area contributed by atoms with Crippen molar-refractivity contribution < 1.29 is 17.5 Å². The number of benzene rings is 3. The average molecular weight is 549 g/mol. The van der Waals surface area contributed by atoms with E-state index in [0.29, 0.717) is 19.0 Å². The average Bonchev–Trinajstić information content (AvgIpc) is 3.59. The SMILES string of the molecule is CC(c1cn(CC(c2ccccc2)S(=O)[O-])c2ccc(CC(c3ccccc3)S(=O)[O-])cc12)C1CCCN1. The lowest BCUT2D eigenvalue weighted by atomic mass is 9.91. The van der Waals surface area contributed by atoms with Gasteiger partial charge in [-0.25, -0.2) is 0 Å². The molecular formula is C30H32N2O4S2-2. The molecule has 1 N–H and O–H groups in total. The number of nitrogens with one attached hydrogen (secondary N) is 1. The van der Waals surface area contributed by atoms with E-state index in [1.54, 1.807) is 0 Å². The van der Waals surface area contributed by atoms with Crippen LogP contribution in [0.1, 0.15) is 58.4 Å². The van der Waals surface area contributed by atoms with Crippen LogP contribution in [0.5, 0.6) is 0 Å². The second-order valence-corrected chi connectivity index (χ2v) is 12.3. The fourth-order valence-electron chi connectivity index (χ4n) is 5.67. The Bertz CT molecular complexity index is 1420. The maximum absolute atomic E-state index is 12.3. The fourth-order valence-corrected chi connectivity index (χ4v) is 7.04. The molecule has 1 aliphatic heterocycles. The molecule has 6 atom stereocenters. The van der Waals surface area contributed by atoms with Crippen molar-refractivity contribution in [2.24, 2.45) is 0 Å². The first kappa shape index (κ1) is 27.0. The third-order valence-electron chi connectivity index (χ3n) is 7.76. The third-order valence-corrected chi connectivity index (χ3v) is 9.55. The predicted molar refractivity (Wildman–Crippen MR) is 151 cm³/mol. The Morgan fingerprint density at radius 2 is 1.55 bits per heavy atom. The summed E-state index contributed by atoms with van der Waals surface area (Å²) in [4.78, 5) is 0. The Kier molecular flexibility index (Phi) is 8.55. The highest BCUT2D eigenvalue weighted by Gasteiger charge is 2.26. The summed E-state index contributed by atoms with van der Waals surface area (Å²) in [6.45, 7) is 3.52. The summed E-state index contributed by atoms with van der Waals surface area (Å²) in [5.74, 6) is 0.225. The van der Waals surface area contributed by atoms with Crippen LogP contribution in [-0.2, 0) is 35.1 Å². The molecule has 4 aromatic rings. The van der Waals surface area contributed by atoms with Crippen molar-refractivity contribution in [1.29, 1.82) is 0 Å². The van der Waals surface area contributed by atoms with Crippen LogP contribution in [0.25, 0.3) is 10.9 Å². The van der Waals surface area contributed by atoms with Crippen LogP contribution in [0.15, 0.2) is 85.1 Å². The number of nitrogens with zero attached hydrogens (tertiary/aromatic N) is 1. The third kappa shape index (κ3) is 5.84. The lowest BCUT2D eigenvalue weighted by molar-refractivity contribution is 0.508. The van der Waals surface area contributed by atoms with Gasteiger partial charge in [-0.05, 0) is 88.3 Å². The molecule has 0 bridgehead atoms. The molecule has 1 aliphatic rings. The van der Waals surface area contributed by atoms with Crippen molar-refractivity contribution in [3.05, 3.63) is 107 Å². The van der Waals surface area contributed by atoms with Gasteiger partial charge in [-0.2, -0.15) is 0 Å². The van der Waals surface area contributed by atoms with Gasteiger partial charge in [0.25, 0.3) is 0 Å². The van der Waals surface area contributed by atoms with E-state index in [9.17, 15) is 17.5 Å². The van der Waals surface area contributed by atoms with Crippen molar-refractivity contribution in [2.45, 2.75) is 55.2 Å². The molecule has 38 heavy (non-hydrogen) atoms. The van der Waals surface area contributed by atoms with Gasteiger partial charge in [0.05, 0.1) is 10.5 Å². The van der Waals surface area contributed by atoms with Gasteiger partial charge < -0.3 is 19.0 Å². The van der Waals surface area contributed by atoms with Crippen molar-refractivity contribution in [3.63, 3.8) is 0 Å². The molecule has 8 heteroatoms. The Hall–Kier alpha value is -2.62. The normalized spacial score (nSPS) is 19.7. The van der Waals surface area contributed by atoms with Crippen LogP contribution in [0.4, 0.5) is 0 Å². The molecule has 2 heterocycles. The lowest BCUT2D eigenvalue weighted by Gasteiger charge is -2.22. The van der Waals surface area contributed by atoms with E-state index in [2.05, 4.69) is 24.5 Å². The molecule has 0 amide bonds. The molecule has 0 spiro atoms. The Morgan fingerprint density at radius 3 is 2.13 bits per heavy atom. The zero-order valence-corrected chi connectivity index (χ0v) is 23.0. The highest BCUT2D eigenvalue weighted by Crippen LogP contribution is 2.35. The molecule has 0 saturated carbocycles. The predicted octanol–water partition coefficient (Wildman–Crippen LogP) is 5.28. The summed E-state index contributed by atoms with van der Waals surface area (Å²) in [6, 6.07) is 25.0. The molecule has 1 fully saturated rings. The van der Waals surface area contributed by atoms with Crippen LogP contribution in [-0.4, -0.2) is 34.7 Å². The standard InChI is InChI=1S/C30H34N2O4S2/c1-21(27-13-8-16-31-27)26-19-32(20-30(38(35)36)24-11-6-3-7-12-24)28-15-14-22(17-25(26)28)18-29(37(33)34)23-9-4-2-5-10-23/h2-7,9-12,14-15,17,19,21,27,29-31H,8,13,16,18,20H2,1H3,(H,33,34)(H,35,36)/p-2. The van der Waals surface area contributed by atoms with Gasteiger partial charge >= 0.3 is 0 Å². The highest BCUT2D eigenvalue weighted by molar-refractivity contribution is 7.79. The van der Waals surface area contributed by atoms with Crippen LogP contribution in [0.3, 0.4) is 0 Å². The minimum atomic E-state index is -2.29. The van der Waals surface area contributed by atoms with E-state index < -0.39 is 32.7 Å². The summed E-state index contributed by atoms with van der Waals surface area (Å²) in [5, 5.41) is 3.34. The van der Waals surface area contributed by atoms with Crippen molar-refractivity contribution in [2.75, 3.05) is 6.54 Å². The van der Waals surface area contributed by atoms with Gasteiger partial charge in [0, 0.05) is 29.7 Å². The van der Waals surface area contributed by atoms with Crippen molar-refractivity contribution >= 4 is 33.1 Å². The maximum atomic E-state index is 12.3. The Morgan fingerprint density at radius 1 is 0.921 bits per heavy atom. The minimum absolute atomic E-state index is 0.225. The molecule has 5 rings (SSSR count). The number of hydrogen-bond acceptors (Lipinski definition) is 5. The molecule has 3 aromatic carbocycles. The number of fused-ring (bicyclic) bond motifs is 1. The summed E-state index contributed by atoms with van der Waals surface area (Å²) in [6.07, 6.45) is 4.70. The number of hydrogen-bond donors (Lipinski definition) is 1. The van der Waals surface area contributed by atoms with Crippen molar-refractivity contribution in [1.82, 2.24) is 9.88 Å². The van der Waals surface area contributed by atoms with Crippen LogP contribution >= 0.6 is 0 Å². The molecule has 1 saturated heterocycles. The van der Waals surface area contributed by atoms with Gasteiger partial charge in [0.1, 0.15) is 0 Å². The van der Waals surface area contributed by atoms with E-state index in [1.165, 1.54) is 0 Å². The van der Waals surface area contributed by atoms with Crippen LogP contribution < -0.4 is 5.32 Å². The highest BCUT2D eigenvalue weighted by atomic mass is 32.2. The topological polar surface area (TPSA) is 97.2 Å². The zero-order valence-electron chi connectivity index (χ0n) is 21.3. The molecule has 6 nitrogen and oxygen atoms in total. The summed E-state index contributed by atoms with van der Waals surface area (Å²) in [5.41, 5.74) is 4.58. The van der Waals surface area contributed by atoms with Crippen LogP contribution in [0, 0.1) is 0 Å². The van der Waals surface area contributed by atoms with Crippen molar-refractivity contribution in [3.8, 4) is 0 Å². The molecule has 0 aliphatic carbocycles. The Balaban J connectivity index is 1.55. The monoisotopic (exact) mass is 548 g/mol. The second kappa shape index (κ2) is 12.1. The van der Waals surface area contributed by atoms with Gasteiger partial charge in [0.2, 0.25) is 0 Å². The first-order valence-electron chi connectivity index (χ1n) is 13.0. The summed E-state index contributed by atoms with van der Waals surface area (Å²) >= 11 is -4.56. The van der Waals surface area contributed by atoms with E-state index in [-0.39, 0.29) is 5.92 Å². The largest absolute Gasteiger partial charge is 0.772 e. The Labute approximate surface area is 229 Å². The first-order chi connectivity index (χ1) is 18.4. The van der Waals surface area contributed by atoms with Crippen LogP contribution in [0.2, 0.25) is 0 Å². The lowest BCUT2D eigenvalue weighted by Crippen LogP contribution is -2.27. The van der Waals surface area contributed by atoms with E-state index in [0.717, 1.165) is 52.5 Å². The van der Waals surface area contributed by atoms with E-state index in [4.69, 9.17) is 0 Å². The molecule has 0 radical (unpaired) electrons.